The smallest absolute Gasteiger partial charge is 0.309 e. The maximum atomic E-state index is 11.1. The number of carboxylic acids is 1. The van der Waals surface area contributed by atoms with E-state index in [0.717, 1.165) is 16.9 Å². The van der Waals surface area contributed by atoms with Gasteiger partial charge in [0, 0.05) is 0 Å². The number of aliphatic carboxylic acids is 1. The second-order valence-electron chi connectivity index (χ2n) is 5.00. The first-order valence-corrected chi connectivity index (χ1v) is 5.53. The summed E-state index contributed by atoms with van der Waals surface area (Å²) in [6, 6.07) is 3.78. The van der Waals surface area contributed by atoms with Crippen LogP contribution in [0.25, 0.3) is 0 Å². The highest BCUT2D eigenvalue weighted by molar-refractivity contribution is 5.74. The Morgan fingerprint density at radius 3 is 2.53 bits per heavy atom. The summed E-state index contributed by atoms with van der Waals surface area (Å²) in [5.74, 6) is 0.640. The molecule has 2 rings (SSSR count). The zero-order valence-corrected chi connectivity index (χ0v) is 10.2. The summed E-state index contributed by atoms with van der Waals surface area (Å²) in [5, 5.41) is 9.13. The third-order valence-electron chi connectivity index (χ3n) is 3.04. The molecule has 0 aliphatic carbocycles. The number of hydrogen-bond acceptors (Lipinski definition) is 3. The predicted octanol–water partition coefficient (Wildman–Crippen LogP) is 2.38. The Bertz CT molecular complexity index is 463. The van der Waals surface area contributed by atoms with Crippen molar-refractivity contribution in [1.29, 1.82) is 0 Å². The van der Waals surface area contributed by atoms with Crippen molar-refractivity contribution in [1.82, 2.24) is 0 Å². The van der Waals surface area contributed by atoms with Crippen LogP contribution in [0.3, 0.4) is 0 Å². The number of carbonyl (C=O) groups is 1. The molecule has 1 aliphatic rings. The Hall–Kier alpha value is -1.71. The molecule has 0 fully saturated rings. The molecule has 17 heavy (non-hydrogen) atoms. The van der Waals surface area contributed by atoms with Crippen LogP contribution in [0.15, 0.2) is 12.1 Å². The lowest BCUT2D eigenvalue weighted by Crippen LogP contribution is -2.26. The number of benzene rings is 1. The third kappa shape index (κ3) is 2.20. The topological polar surface area (TPSA) is 55.8 Å². The molecule has 0 amide bonds. The molecule has 0 bridgehead atoms. The van der Waals surface area contributed by atoms with Gasteiger partial charge in [0.05, 0.1) is 5.41 Å². The fourth-order valence-corrected chi connectivity index (χ4v) is 1.83. The SMILES string of the molecule is Cc1cc2c(cc1CC(C)(C)C(=O)O)OCO2. The second kappa shape index (κ2) is 3.95. The highest BCUT2D eigenvalue weighted by Gasteiger charge is 2.29. The highest BCUT2D eigenvalue weighted by Crippen LogP contribution is 2.36. The van der Waals surface area contributed by atoms with Crippen molar-refractivity contribution >= 4 is 5.97 Å². The molecule has 0 atom stereocenters. The van der Waals surface area contributed by atoms with Gasteiger partial charge in [-0.05, 0) is 50.5 Å². The average Bonchev–Trinajstić information content (AvgIpc) is 2.64. The third-order valence-corrected chi connectivity index (χ3v) is 3.04. The molecule has 1 aromatic carbocycles. The fourth-order valence-electron chi connectivity index (χ4n) is 1.83. The van der Waals surface area contributed by atoms with Crippen LogP contribution < -0.4 is 9.47 Å². The molecule has 92 valence electrons. The maximum absolute atomic E-state index is 11.1. The van der Waals surface area contributed by atoms with E-state index in [1.54, 1.807) is 13.8 Å². The van der Waals surface area contributed by atoms with Gasteiger partial charge in [0.1, 0.15) is 0 Å². The van der Waals surface area contributed by atoms with Crippen molar-refractivity contribution < 1.29 is 19.4 Å². The van der Waals surface area contributed by atoms with Crippen molar-refractivity contribution in [3.63, 3.8) is 0 Å². The molecule has 1 aliphatic heterocycles. The first-order valence-electron chi connectivity index (χ1n) is 5.53. The summed E-state index contributed by atoms with van der Waals surface area (Å²) >= 11 is 0. The molecule has 1 heterocycles. The fraction of sp³-hybridized carbons (Fsp3) is 0.462. The van der Waals surface area contributed by atoms with Crippen LogP contribution in [0.5, 0.6) is 11.5 Å². The van der Waals surface area contributed by atoms with Gasteiger partial charge in [-0.1, -0.05) is 0 Å². The Kier molecular flexibility index (Phi) is 2.73. The summed E-state index contributed by atoms with van der Waals surface area (Å²) in [4.78, 5) is 11.1. The zero-order chi connectivity index (χ0) is 12.6. The molecule has 0 saturated heterocycles. The van der Waals surface area contributed by atoms with Gasteiger partial charge in [-0.15, -0.1) is 0 Å². The number of rotatable bonds is 3. The Morgan fingerprint density at radius 1 is 1.35 bits per heavy atom. The van der Waals surface area contributed by atoms with E-state index in [9.17, 15) is 4.79 Å². The monoisotopic (exact) mass is 236 g/mol. The first kappa shape index (κ1) is 11.8. The molecule has 0 aromatic heterocycles. The lowest BCUT2D eigenvalue weighted by Gasteiger charge is -2.20. The Morgan fingerprint density at radius 2 is 1.94 bits per heavy atom. The van der Waals surface area contributed by atoms with Crippen LogP contribution in [0, 0.1) is 12.3 Å². The Labute approximate surface area is 100 Å². The molecule has 0 unspecified atom stereocenters. The van der Waals surface area contributed by atoms with Crippen molar-refractivity contribution in [2.24, 2.45) is 5.41 Å². The van der Waals surface area contributed by atoms with Gasteiger partial charge in [0.25, 0.3) is 0 Å². The van der Waals surface area contributed by atoms with E-state index < -0.39 is 11.4 Å². The van der Waals surface area contributed by atoms with Crippen LogP contribution in [0.4, 0.5) is 0 Å². The van der Waals surface area contributed by atoms with Gasteiger partial charge in [-0.3, -0.25) is 4.79 Å². The molecule has 0 radical (unpaired) electrons. The average molecular weight is 236 g/mol. The molecule has 1 aromatic rings. The van der Waals surface area contributed by atoms with Crippen LogP contribution in [0.2, 0.25) is 0 Å². The minimum atomic E-state index is -0.797. The van der Waals surface area contributed by atoms with Crippen molar-refractivity contribution in [2.75, 3.05) is 6.79 Å². The van der Waals surface area contributed by atoms with Gasteiger partial charge >= 0.3 is 5.97 Å². The van der Waals surface area contributed by atoms with E-state index in [-0.39, 0.29) is 6.79 Å². The van der Waals surface area contributed by atoms with Gasteiger partial charge in [-0.25, -0.2) is 0 Å². The van der Waals surface area contributed by atoms with E-state index in [1.807, 2.05) is 19.1 Å². The van der Waals surface area contributed by atoms with Crippen LogP contribution in [0.1, 0.15) is 25.0 Å². The van der Waals surface area contributed by atoms with E-state index in [2.05, 4.69) is 0 Å². The van der Waals surface area contributed by atoms with Crippen molar-refractivity contribution in [2.45, 2.75) is 27.2 Å². The summed E-state index contributed by atoms with van der Waals surface area (Å²) in [5.41, 5.74) is 1.24. The largest absolute Gasteiger partial charge is 0.481 e. The standard InChI is InChI=1S/C13H16O4/c1-8-4-10-11(17-7-16-10)5-9(8)6-13(2,3)12(14)15/h4-5H,6-7H2,1-3H3,(H,14,15). The molecular weight excluding hydrogens is 220 g/mol. The Balaban J connectivity index is 2.31. The minimum absolute atomic E-state index is 0.237. The van der Waals surface area contributed by atoms with Crippen LogP contribution >= 0.6 is 0 Å². The maximum Gasteiger partial charge on any atom is 0.309 e. The number of fused-ring (bicyclic) bond motifs is 1. The predicted molar refractivity (Wildman–Crippen MR) is 62.4 cm³/mol. The van der Waals surface area contributed by atoms with Gasteiger partial charge in [-0.2, -0.15) is 0 Å². The van der Waals surface area contributed by atoms with E-state index in [4.69, 9.17) is 14.6 Å². The summed E-state index contributed by atoms with van der Waals surface area (Å²) in [6.07, 6.45) is 0.477. The lowest BCUT2D eigenvalue weighted by molar-refractivity contribution is -0.146. The molecule has 0 saturated carbocycles. The van der Waals surface area contributed by atoms with Crippen molar-refractivity contribution in [3.05, 3.63) is 23.3 Å². The first-order chi connectivity index (χ1) is 7.90. The normalized spacial score (nSPS) is 13.8. The van der Waals surface area contributed by atoms with Crippen molar-refractivity contribution in [3.8, 4) is 11.5 Å². The summed E-state index contributed by atoms with van der Waals surface area (Å²) in [7, 11) is 0. The number of hydrogen-bond donors (Lipinski definition) is 1. The molecule has 0 spiro atoms. The number of ether oxygens (including phenoxy) is 2. The molecule has 4 nitrogen and oxygen atoms in total. The molecule has 1 N–H and O–H groups in total. The van der Waals surface area contributed by atoms with Gasteiger partial charge in [0.2, 0.25) is 6.79 Å². The number of carboxylic acid groups (broad SMARTS) is 1. The van der Waals surface area contributed by atoms with Gasteiger partial charge < -0.3 is 14.6 Å². The van der Waals surface area contributed by atoms with E-state index in [1.165, 1.54) is 0 Å². The summed E-state index contributed by atoms with van der Waals surface area (Å²) < 4.78 is 10.6. The van der Waals surface area contributed by atoms with E-state index >= 15 is 0 Å². The molecule has 4 heteroatoms. The van der Waals surface area contributed by atoms with Crippen LogP contribution in [-0.4, -0.2) is 17.9 Å². The molecular formula is C13H16O4. The quantitative estimate of drug-likeness (QED) is 0.875. The summed E-state index contributed by atoms with van der Waals surface area (Å²) in [6.45, 7) is 5.63. The lowest BCUT2D eigenvalue weighted by atomic mass is 9.84. The van der Waals surface area contributed by atoms with Crippen LogP contribution in [-0.2, 0) is 11.2 Å². The second-order valence-corrected chi connectivity index (χ2v) is 5.00. The number of aryl methyl sites for hydroxylation is 1. The minimum Gasteiger partial charge on any atom is -0.481 e. The van der Waals surface area contributed by atoms with Gasteiger partial charge in [0.15, 0.2) is 11.5 Å². The zero-order valence-electron chi connectivity index (χ0n) is 10.2. The van der Waals surface area contributed by atoms with E-state index in [0.29, 0.717) is 12.2 Å². The highest BCUT2D eigenvalue weighted by atomic mass is 16.7.